The predicted octanol–water partition coefficient (Wildman–Crippen LogP) is 0.506. The fraction of sp³-hybridized carbons (Fsp3) is 0.429. The highest BCUT2D eigenvalue weighted by molar-refractivity contribution is 6.18. The molecule has 1 unspecified atom stereocenters. The Morgan fingerprint density at radius 2 is 2.00 bits per heavy atom. The molecular weight excluding hydrogens is 295 g/mol. The van der Waals surface area contributed by atoms with Gasteiger partial charge < -0.3 is 19.5 Å². The van der Waals surface area contributed by atoms with Crippen LogP contribution in [-0.2, 0) is 14.3 Å². The maximum Gasteiger partial charge on any atom is 0.422 e. The number of morpholine rings is 1. The molecule has 3 rings (SSSR count). The number of cyclic esters (lactones) is 1. The minimum absolute atomic E-state index is 0.0838. The van der Waals surface area contributed by atoms with Crippen molar-refractivity contribution in [2.45, 2.75) is 6.10 Å². The van der Waals surface area contributed by atoms with Gasteiger partial charge in [0, 0.05) is 19.2 Å². The van der Waals surface area contributed by atoms with Gasteiger partial charge in [0.25, 0.3) is 5.91 Å². The molecule has 2 aliphatic heterocycles. The number of hydrogen-bond acceptors (Lipinski definition) is 6. The molecule has 7 nitrogen and oxygen atoms in total. The molecule has 118 valence electrons. The summed E-state index contributed by atoms with van der Waals surface area (Å²) in [4.78, 5) is 26.2. The number of hydrogen-bond donors (Lipinski definition) is 1. The number of anilines is 2. The van der Waals surface area contributed by atoms with Crippen LogP contribution in [0.4, 0.5) is 20.6 Å². The van der Waals surface area contributed by atoms with E-state index < -0.39 is 30.5 Å². The van der Waals surface area contributed by atoms with E-state index in [1.807, 2.05) is 4.90 Å². The van der Waals surface area contributed by atoms with Crippen molar-refractivity contribution < 1.29 is 28.6 Å². The van der Waals surface area contributed by atoms with Crippen molar-refractivity contribution in [3.05, 3.63) is 24.0 Å². The first-order valence-corrected chi connectivity index (χ1v) is 6.89. The van der Waals surface area contributed by atoms with Gasteiger partial charge in [-0.05, 0) is 12.1 Å². The summed E-state index contributed by atoms with van der Waals surface area (Å²) in [6.07, 6.45) is -2.14. The van der Waals surface area contributed by atoms with E-state index in [4.69, 9.17) is 14.6 Å². The van der Waals surface area contributed by atoms with Gasteiger partial charge in [-0.25, -0.2) is 14.1 Å². The molecule has 2 fully saturated rings. The average molecular weight is 310 g/mol. The Morgan fingerprint density at radius 3 is 2.59 bits per heavy atom. The minimum atomic E-state index is -1.23. The first kappa shape index (κ1) is 14.7. The highest BCUT2D eigenvalue weighted by Gasteiger charge is 2.41. The topological polar surface area (TPSA) is 79.3 Å². The Bertz CT molecular complexity index is 603. The number of carbonyl (C=O) groups is 2. The van der Waals surface area contributed by atoms with Crippen LogP contribution >= 0.6 is 0 Å². The third-order valence-corrected chi connectivity index (χ3v) is 3.63. The summed E-state index contributed by atoms with van der Waals surface area (Å²) in [7, 11) is 0. The van der Waals surface area contributed by atoms with Gasteiger partial charge in [-0.2, -0.15) is 0 Å². The number of imide groups is 1. The molecule has 0 aromatic heterocycles. The van der Waals surface area contributed by atoms with Gasteiger partial charge in [0.05, 0.1) is 31.2 Å². The van der Waals surface area contributed by atoms with Crippen molar-refractivity contribution in [1.82, 2.24) is 0 Å². The number of aliphatic hydroxyl groups excluding tert-OH is 1. The lowest BCUT2D eigenvalue weighted by Gasteiger charge is -2.29. The summed E-state index contributed by atoms with van der Waals surface area (Å²) in [5.41, 5.74) is 0.478. The van der Waals surface area contributed by atoms with Crippen molar-refractivity contribution in [1.29, 1.82) is 0 Å². The van der Waals surface area contributed by atoms with Gasteiger partial charge in [0.2, 0.25) is 6.10 Å². The van der Waals surface area contributed by atoms with Crippen LogP contribution in [0.25, 0.3) is 0 Å². The summed E-state index contributed by atoms with van der Waals surface area (Å²) in [5.74, 6) is -1.24. The number of halogens is 1. The molecule has 1 N–H and O–H groups in total. The maximum atomic E-state index is 14.3. The molecular formula is C14H15FN2O5. The zero-order valence-corrected chi connectivity index (χ0v) is 11.7. The highest BCUT2D eigenvalue weighted by Crippen LogP contribution is 2.28. The Balaban J connectivity index is 1.85. The molecule has 2 saturated heterocycles. The predicted molar refractivity (Wildman–Crippen MR) is 74.3 cm³/mol. The van der Waals surface area contributed by atoms with Crippen molar-refractivity contribution in [3.8, 4) is 0 Å². The van der Waals surface area contributed by atoms with Crippen LogP contribution in [-0.4, -0.2) is 56.1 Å². The van der Waals surface area contributed by atoms with E-state index >= 15 is 0 Å². The number of ether oxygens (including phenoxy) is 2. The average Bonchev–Trinajstić information content (AvgIpc) is 2.82. The van der Waals surface area contributed by atoms with Gasteiger partial charge in [0.1, 0.15) is 5.82 Å². The summed E-state index contributed by atoms with van der Waals surface area (Å²) >= 11 is 0. The van der Waals surface area contributed by atoms with E-state index in [0.29, 0.717) is 32.0 Å². The molecule has 2 amide bonds. The zero-order chi connectivity index (χ0) is 15.7. The molecule has 2 heterocycles. The van der Waals surface area contributed by atoms with Crippen molar-refractivity contribution in [2.75, 3.05) is 42.7 Å². The van der Waals surface area contributed by atoms with E-state index in [0.717, 1.165) is 11.0 Å². The fourth-order valence-corrected chi connectivity index (χ4v) is 2.50. The Labute approximate surface area is 125 Å². The van der Waals surface area contributed by atoms with Crippen LogP contribution in [0.2, 0.25) is 0 Å². The van der Waals surface area contributed by atoms with Gasteiger partial charge >= 0.3 is 6.09 Å². The lowest BCUT2D eigenvalue weighted by Crippen LogP contribution is -2.37. The first-order valence-electron chi connectivity index (χ1n) is 6.89. The number of benzene rings is 1. The van der Waals surface area contributed by atoms with Gasteiger partial charge in [-0.3, -0.25) is 4.79 Å². The largest absolute Gasteiger partial charge is 0.433 e. The number of amides is 2. The van der Waals surface area contributed by atoms with Crippen LogP contribution in [0.15, 0.2) is 18.2 Å². The quantitative estimate of drug-likeness (QED) is 0.876. The molecule has 8 heteroatoms. The third-order valence-electron chi connectivity index (χ3n) is 3.63. The summed E-state index contributed by atoms with van der Waals surface area (Å²) < 4.78 is 24.2. The van der Waals surface area contributed by atoms with E-state index in [-0.39, 0.29) is 5.69 Å². The Hall–Kier alpha value is -2.19. The first-order chi connectivity index (χ1) is 10.6. The molecule has 0 spiro atoms. The molecule has 1 atom stereocenters. The van der Waals surface area contributed by atoms with E-state index in [2.05, 4.69) is 0 Å². The van der Waals surface area contributed by atoms with Gasteiger partial charge in [0.15, 0.2) is 0 Å². The zero-order valence-electron chi connectivity index (χ0n) is 11.7. The fourth-order valence-electron chi connectivity index (χ4n) is 2.50. The van der Waals surface area contributed by atoms with Crippen LogP contribution in [0.5, 0.6) is 0 Å². The monoisotopic (exact) mass is 310 g/mol. The minimum Gasteiger partial charge on any atom is -0.433 e. The number of nitrogens with zero attached hydrogens (tertiary/aromatic N) is 2. The third kappa shape index (κ3) is 2.51. The SMILES string of the molecule is O=C1OC(CO)C(=O)N1c1ccc(N2CCOCC2)c(F)c1. The van der Waals surface area contributed by atoms with Crippen molar-refractivity contribution in [3.63, 3.8) is 0 Å². The number of aliphatic hydroxyl groups is 1. The van der Waals surface area contributed by atoms with Gasteiger partial charge in [-0.1, -0.05) is 0 Å². The van der Waals surface area contributed by atoms with E-state index in [1.54, 1.807) is 0 Å². The molecule has 2 aliphatic rings. The van der Waals surface area contributed by atoms with Crippen molar-refractivity contribution >= 4 is 23.4 Å². The maximum absolute atomic E-state index is 14.3. The molecule has 1 aromatic rings. The van der Waals surface area contributed by atoms with E-state index in [1.165, 1.54) is 12.1 Å². The summed E-state index contributed by atoms with van der Waals surface area (Å²) in [5, 5.41) is 8.97. The van der Waals surface area contributed by atoms with Crippen LogP contribution in [0.3, 0.4) is 0 Å². The standard InChI is InChI=1S/C14H15FN2O5/c15-10-7-9(17-13(19)12(8-18)22-14(17)20)1-2-11(10)16-3-5-21-6-4-16/h1-2,7,12,18H,3-6,8H2. The molecule has 1 aromatic carbocycles. The van der Waals surface area contributed by atoms with Crippen LogP contribution in [0.1, 0.15) is 0 Å². The molecule has 0 radical (unpaired) electrons. The van der Waals surface area contributed by atoms with Crippen molar-refractivity contribution in [2.24, 2.45) is 0 Å². The Kier molecular flexibility index (Phi) is 3.95. The normalized spacial score (nSPS) is 22.2. The second-order valence-electron chi connectivity index (χ2n) is 4.96. The lowest BCUT2D eigenvalue weighted by molar-refractivity contribution is -0.123. The molecule has 0 aliphatic carbocycles. The second-order valence-corrected chi connectivity index (χ2v) is 4.96. The Morgan fingerprint density at radius 1 is 1.27 bits per heavy atom. The lowest BCUT2D eigenvalue weighted by atomic mass is 10.2. The number of carbonyl (C=O) groups excluding carboxylic acids is 2. The molecule has 0 bridgehead atoms. The second kappa shape index (κ2) is 5.90. The van der Waals surface area contributed by atoms with Crippen LogP contribution in [0, 0.1) is 5.82 Å². The molecule has 22 heavy (non-hydrogen) atoms. The summed E-state index contributed by atoms with van der Waals surface area (Å²) in [6.45, 7) is 1.60. The smallest absolute Gasteiger partial charge is 0.422 e. The van der Waals surface area contributed by atoms with Crippen LogP contribution < -0.4 is 9.80 Å². The summed E-state index contributed by atoms with van der Waals surface area (Å²) in [6, 6.07) is 4.11. The van der Waals surface area contributed by atoms with Gasteiger partial charge in [-0.15, -0.1) is 0 Å². The van der Waals surface area contributed by atoms with E-state index in [9.17, 15) is 14.0 Å². The molecule has 0 saturated carbocycles. The highest BCUT2D eigenvalue weighted by atomic mass is 19.1. The number of rotatable bonds is 3.